The Balaban J connectivity index is 1.90. The van der Waals surface area contributed by atoms with E-state index in [0.717, 1.165) is 49.9 Å². The first kappa shape index (κ1) is 14.7. The summed E-state index contributed by atoms with van der Waals surface area (Å²) in [5.74, 6) is 1.16. The standard InChI is InChI=1S/C17H25NO3/c1-2-11-10-18-5-3-13-8-16(20)17(21)9-14(13)15(18)7-12(11)4-6-19/h8-9,11-12,15,19-21H,2-7,10H2,1H3/t11-,12-,15-/m0/s1. The number of hydrogen-bond acceptors (Lipinski definition) is 4. The number of rotatable bonds is 3. The molecule has 3 rings (SSSR count). The van der Waals surface area contributed by atoms with Crippen molar-refractivity contribution in [3.8, 4) is 11.5 Å². The third-order valence-corrected chi connectivity index (χ3v) is 5.39. The Morgan fingerprint density at radius 3 is 2.67 bits per heavy atom. The Morgan fingerprint density at radius 2 is 1.95 bits per heavy atom. The van der Waals surface area contributed by atoms with Gasteiger partial charge in [0.05, 0.1) is 0 Å². The van der Waals surface area contributed by atoms with Gasteiger partial charge in [-0.3, -0.25) is 4.90 Å². The average Bonchev–Trinajstić information content (AvgIpc) is 2.48. The number of phenolic OH excluding ortho intramolecular Hbond substituents is 2. The first-order chi connectivity index (χ1) is 10.1. The van der Waals surface area contributed by atoms with E-state index in [1.807, 2.05) is 0 Å². The molecule has 0 radical (unpaired) electrons. The molecule has 3 atom stereocenters. The molecular weight excluding hydrogens is 266 g/mol. The molecule has 2 aliphatic heterocycles. The van der Waals surface area contributed by atoms with Crippen LogP contribution < -0.4 is 0 Å². The number of piperidine rings is 1. The number of phenols is 2. The largest absolute Gasteiger partial charge is 0.504 e. The third-order valence-electron chi connectivity index (χ3n) is 5.39. The van der Waals surface area contributed by atoms with E-state index >= 15 is 0 Å². The molecule has 0 aromatic heterocycles. The van der Waals surface area contributed by atoms with E-state index in [1.54, 1.807) is 12.1 Å². The van der Waals surface area contributed by atoms with Gasteiger partial charge in [0.25, 0.3) is 0 Å². The number of nitrogens with zero attached hydrogens (tertiary/aromatic N) is 1. The Hall–Kier alpha value is -1.26. The summed E-state index contributed by atoms with van der Waals surface area (Å²) in [5.41, 5.74) is 2.32. The first-order valence-electron chi connectivity index (χ1n) is 8.03. The van der Waals surface area contributed by atoms with Crippen molar-refractivity contribution in [2.75, 3.05) is 19.7 Å². The van der Waals surface area contributed by atoms with Crippen molar-refractivity contribution >= 4 is 0 Å². The van der Waals surface area contributed by atoms with E-state index in [2.05, 4.69) is 11.8 Å². The summed E-state index contributed by atoms with van der Waals surface area (Å²) in [7, 11) is 0. The number of aliphatic hydroxyl groups is 1. The van der Waals surface area contributed by atoms with Crippen LogP contribution in [-0.2, 0) is 6.42 Å². The Kier molecular flexibility index (Phi) is 4.09. The summed E-state index contributed by atoms with van der Waals surface area (Å²) in [6, 6.07) is 3.78. The summed E-state index contributed by atoms with van der Waals surface area (Å²) in [6.07, 6.45) is 3.99. The normalized spacial score (nSPS) is 29.0. The zero-order valence-corrected chi connectivity index (χ0v) is 12.6. The van der Waals surface area contributed by atoms with Crippen molar-refractivity contribution in [1.82, 2.24) is 4.90 Å². The van der Waals surface area contributed by atoms with Crippen molar-refractivity contribution in [2.24, 2.45) is 11.8 Å². The summed E-state index contributed by atoms with van der Waals surface area (Å²) in [6.45, 7) is 4.58. The molecule has 4 heteroatoms. The Bertz CT molecular complexity index is 517. The van der Waals surface area contributed by atoms with Gasteiger partial charge >= 0.3 is 0 Å². The van der Waals surface area contributed by atoms with E-state index in [9.17, 15) is 15.3 Å². The Labute approximate surface area is 126 Å². The second-order valence-corrected chi connectivity index (χ2v) is 6.48. The highest BCUT2D eigenvalue weighted by atomic mass is 16.3. The molecule has 21 heavy (non-hydrogen) atoms. The fourth-order valence-corrected chi connectivity index (χ4v) is 4.19. The monoisotopic (exact) mass is 291 g/mol. The van der Waals surface area contributed by atoms with E-state index in [1.165, 1.54) is 0 Å². The molecule has 1 fully saturated rings. The lowest BCUT2D eigenvalue weighted by Crippen LogP contribution is -2.46. The molecule has 0 spiro atoms. The molecule has 0 unspecified atom stereocenters. The summed E-state index contributed by atoms with van der Waals surface area (Å²) in [4.78, 5) is 2.51. The fraction of sp³-hybridized carbons (Fsp3) is 0.647. The zero-order valence-electron chi connectivity index (χ0n) is 12.6. The molecule has 1 saturated heterocycles. The highest BCUT2D eigenvalue weighted by Gasteiger charge is 2.38. The number of aliphatic hydroxyl groups excluding tert-OH is 1. The molecule has 0 bridgehead atoms. The maximum atomic E-state index is 9.82. The van der Waals surface area contributed by atoms with Gasteiger partial charge in [-0.05, 0) is 54.4 Å². The van der Waals surface area contributed by atoms with Crippen LogP contribution in [0.2, 0.25) is 0 Å². The molecule has 116 valence electrons. The van der Waals surface area contributed by atoms with Crippen molar-refractivity contribution in [3.05, 3.63) is 23.3 Å². The van der Waals surface area contributed by atoms with Crippen LogP contribution in [-0.4, -0.2) is 39.9 Å². The maximum absolute atomic E-state index is 9.82. The molecule has 0 aliphatic carbocycles. The van der Waals surface area contributed by atoms with E-state index < -0.39 is 0 Å². The molecule has 2 heterocycles. The lowest BCUT2D eigenvalue weighted by molar-refractivity contribution is 0.0409. The molecule has 0 saturated carbocycles. The van der Waals surface area contributed by atoms with Crippen molar-refractivity contribution in [3.63, 3.8) is 0 Å². The minimum absolute atomic E-state index is 0.0173. The fourth-order valence-electron chi connectivity index (χ4n) is 4.19. The smallest absolute Gasteiger partial charge is 0.157 e. The molecule has 3 N–H and O–H groups in total. The van der Waals surface area contributed by atoms with Gasteiger partial charge in [-0.1, -0.05) is 13.3 Å². The maximum Gasteiger partial charge on any atom is 0.157 e. The predicted octanol–water partition coefficient (Wildman–Crippen LogP) is 2.43. The van der Waals surface area contributed by atoms with E-state index in [4.69, 9.17) is 0 Å². The number of hydrogen-bond donors (Lipinski definition) is 3. The second kappa shape index (κ2) is 5.85. The topological polar surface area (TPSA) is 63.9 Å². The van der Waals surface area contributed by atoms with Gasteiger partial charge in [0.15, 0.2) is 11.5 Å². The van der Waals surface area contributed by atoms with Crippen LogP contribution in [0.4, 0.5) is 0 Å². The van der Waals surface area contributed by atoms with Gasteiger partial charge < -0.3 is 15.3 Å². The number of aromatic hydroxyl groups is 2. The first-order valence-corrected chi connectivity index (χ1v) is 8.03. The SMILES string of the molecule is CC[C@H]1CN2CCc3cc(O)c(O)cc3[C@@H]2C[C@@H]1CCO. The summed E-state index contributed by atoms with van der Waals surface area (Å²) >= 11 is 0. The summed E-state index contributed by atoms with van der Waals surface area (Å²) in [5, 5.41) is 28.8. The molecule has 0 amide bonds. The molecule has 4 nitrogen and oxygen atoms in total. The van der Waals surface area contributed by atoms with Gasteiger partial charge in [-0.2, -0.15) is 0 Å². The van der Waals surface area contributed by atoms with Crippen molar-refractivity contribution < 1.29 is 15.3 Å². The molecule has 1 aromatic carbocycles. The van der Waals surface area contributed by atoms with Crippen LogP contribution in [0.5, 0.6) is 11.5 Å². The zero-order chi connectivity index (χ0) is 15.0. The molecule has 1 aromatic rings. The highest BCUT2D eigenvalue weighted by Crippen LogP contribution is 2.45. The molecular formula is C17H25NO3. The lowest BCUT2D eigenvalue weighted by Gasteiger charge is -2.47. The quantitative estimate of drug-likeness (QED) is 0.748. The number of benzene rings is 1. The van der Waals surface area contributed by atoms with Gasteiger partial charge in [-0.25, -0.2) is 0 Å². The van der Waals surface area contributed by atoms with Gasteiger partial charge in [0.1, 0.15) is 0 Å². The van der Waals surface area contributed by atoms with E-state index in [0.29, 0.717) is 17.9 Å². The van der Waals surface area contributed by atoms with Crippen LogP contribution >= 0.6 is 0 Å². The average molecular weight is 291 g/mol. The summed E-state index contributed by atoms with van der Waals surface area (Å²) < 4.78 is 0. The lowest BCUT2D eigenvalue weighted by atomic mass is 9.74. The minimum Gasteiger partial charge on any atom is -0.504 e. The second-order valence-electron chi connectivity index (χ2n) is 6.48. The van der Waals surface area contributed by atoms with Crippen LogP contribution in [0.3, 0.4) is 0 Å². The number of fused-ring (bicyclic) bond motifs is 3. The van der Waals surface area contributed by atoms with Crippen LogP contribution in [0.25, 0.3) is 0 Å². The Morgan fingerprint density at radius 1 is 1.19 bits per heavy atom. The third kappa shape index (κ3) is 2.62. The van der Waals surface area contributed by atoms with Crippen molar-refractivity contribution in [2.45, 2.75) is 38.6 Å². The van der Waals surface area contributed by atoms with Gasteiger partial charge in [-0.15, -0.1) is 0 Å². The van der Waals surface area contributed by atoms with Gasteiger partial charge in [0, 0.05) is 25.7 Å². The van der Waals surface area contributed by atoms with Crippen LogP contribution in [0, 0.1) is 11.8 Å². The van der Waals surface area contributed by atoms with Crippen molar-refractivity contribution in [1.29, 1.82) is 0 Å². The van der Waals surface area contributed by atoms with E-state index in [-0.39, 0.29) is 18.1 Å². The van der Waals surface area contributed by atoms with Crippen LogP contribution in [0.1, 0.15) is 43.4 Å². The minimum atomic E-state index is -0.0214. The highest BCUT2D eigenvalue weighted by molar-refractivity contribution is 5.48. The molecule has 2 aliphatic rings. The van der Waals surface area contributed by atoms with Gasteiger partial charge in [0.2, 0.25) is 0 Å². The van der Waals surface area contributed by atoms with Crippen LogP contribution in [0.15, 0.2) is 12.1 Å². The predicted molar refractivity (Wildman–Crippen MR) is 81.4 cm³/mol.